The van der Waals surface area contributed by atoms with Crippen LogP contribution in [0.2, 0.25) is 0 Å². The molecule has 0 atom stereocenters. The standard InChI is InChI=1S/C11H18N4O/c16-11(9-5-3-1-2-4-6-9)12-7-10-13-8-14-15-10/h8-9H,1-7H2,(H,12,16)(H,13,14,15). The van der Waals surface area contributed by atoms with Gasteiger partial charge in [-0.1, -0.05) is 25.7 Å². The van der Waals surface area contributed by atoms with E-state index in [0.29, 0.717) is 12.4 Å². The second-order valence-electron chi connectivity index (χ2n) is 4.34. The van der Waals surface area contributed by atoms with E-state index in [-0.39, 0.29) is 11.8 Å². The van der Waals surface area contributed by atoms with Crippen molar-refractivity contribution < 1.29 is 4.79 Å². The number of hydrogen-bond donors (Lipinski definition) is 2. The molecule has 0 saturated heterocycles. The van der Waals surface area contributed by atoms with Crippen molar-refractivity contribution >= 4 is 5.91 Å². The SMILES string of the molecule is O=C(NCc1ncn[nH]1)C1CCCCCC1. The van der Waals surface area contributed by atoms with Gasteiger partial charge in [0, 0.05) is 5.92 Å². The molecule has 1 aliphatic rings. The van der Waals surface area contributed by atoms with Gasteiger partial charge in [0.1, 0.15) is 12.2 Å². The van der Waals surface area contributed by atoms with Crippen LogP contribution in [0.3, 0.4) is 0 Å². The molecule has 5 nitrogen and oxygen atoms in total. The molecule has 1 aliphatic carbocycles. The summed E-state index contributed by atoms with van der Waals surface area (Å²) in [5.41, 5.74) is 0. The predicted octanol–water partition coefficient (Wildman–Crippen LogP) is 1.39. The van der Waals surface area contributed by atoms with Crippen LogP contribution in [0.5, 0.6) is 0 Å². The van der Waals surface area contributed by atoms with E-state index in [1.165, 1.54) is 32.0 Å². The number of nitrogens with one attached hydrogen (secondary N) is 2. The summed E-state index contributed by atoms with van der Waals surface area (Å²) in [6, 6.07) is 0. The second-order valence-corrected chi connectivity index (χ2v) is 4.34. The molecule has 1 aromatic heterocycles. The van der Waals surface area contributed by atoms with E-state index >= 15 is 0 Å². The number of aromatic nitrogens is 3. The van der Waals surface area contributed by atoms with E-state index < -0.39 is 0 Å². The first-order chi connectivity index (χ1) is 7.86. The summed E-state index contributed by atoms with van der Waals surface area (Å²) in [7, 11) is 0. The van der Waals surface area contributed by atoms with Crippen molar-refractivity contribution in [1.82, 2.24) is 20.5 Å². The summed E-state index contributed by atoms with van der Waals surface area (Å²) < 4.78 is 0. The van der Waals surface area contributed by atoms with Crippen LogP contribution in [0.1, 0.15) is 44.3 Å². The summed E-state index contributed by atoms with van der Waals surface area (Å²) in [6.45, 7) is 0.454. The average Bonchev–Trinajstić information content (AvgIpc) is 2.66. The zero-order chi connectivity index (χ0) is 11.2. The number of hydrogen-bond acceptors (Lipinski definition) is 3. The largest absolute Gasteiger partial charge is 0.349 e. The Morgan fingerprint density at radius 3 is 2.75 bits per heavy atom. The molecular weight excluding hydrogens is 204 g/mol. The minimum absolute atomic E-state index is 0.165. The molecule has 2 rings (SSSR count). The molecule has 0 aromatic carbocycles. The lowest BCUT2D eigenvalue weighted by molar-refractivity contribution is -0.125. The first kappa shape index (κ1) is 11.1. The Balaban J connectivity index is 1.78. The molecular formula is C11H18N4O. The molecule has 2 N–H and O–H groups in total. The van der Waals surface area contributed by atoms with Gasteiger partial charge in [-0.25, -0.2) is 4.98 Å². The number of carbonyl (C=O) groups is 1. The minimum atomic E-state index is 0.165. The number of nitrogens with zero attached hydrogens (tertiary/aromatic N) is 2. The smallest absolute Gasteiger partial charge is 0.223 e. The van der Waals surface area contributed by atoms with E-state index in [2.05, 4.69) is 20.5 Å². The highest BCUT2D eigenvalue weighted by atomic mass is 16.1. The fourth-order valence-corrected chi connectivity index (χ4v) is 2.17. The van der Waals surface area contributed by atoms with Crippen molar-refractivity contribution in [1.29, 1.82) is 0 Å². The molecule has 0 unspecified atom stereocenters. The maximum atomic E-state index is 11.9. The number of aromatic amines is 1. The highest BCUT2D eigenvalue weighted by molar-refractivity contribution is 5.78. The highest BCUT2D eigenvalue weighted by Crippen LogP contribution is 2.22. The number of rotatable bonds is 3. The van der Waals surface area contributed by atoms with Gasteiger partial charge in [-0.3, -0.25) is 9.89 Å². The van der Waals surface area contributed by atoms with Crippen molar-refractivity contribution in [2.24, 2.45) is 5.92 Å². The monoisotopic (exact) mass is 222 g/mol. The molecule has 1 aromatic rings. The van der Waals surface area contributed by atoms with Gasteiger partial charge in [0.2, 0.25) is 5.91 Å². The van der Waals surface area contributed by atoms with Crippen molar-refractivity contribution in [2.45, 2.75) is 45.1 Å². The van der Waals surface area contributed by atoms with Crippen LogP contribution in [-0.2, 0) is 11.3 Å². The molecule has 5 heteroatoms. The maximum absolute atomic E-state index is 11.9. The average molecular weight is 222 g/mol. The summed E-state index contributed by atoms with van der Waals surface area (Å²) in [5, 5.41) is 9.38. The lowest BCUT2D eigenvalue weighted by Crippen LogP contribution is -2.30. The quantitative estimate of drug-likeness (QED) is 0.759. The Labute approximate surface area is 95.0 Å². The topological polar surface area (TPSA) is 70.7 Å². The minimum Gasteiger partial charge on any atom is -0.349 e. The molecule has 1 heterocycles. The normalized spacial score (nSPS) is 18.0. The summed E-state index contributed by atoms with van der Waals surface area (Å²) >= 11 is 0. The zero-order valence-corrected chi connectivity index (χ0v) is 9.41. The van der Waals surface area contributed by atoms with Crippen molar-refractivity contribution in [3.05, 3.63) is 12.2 Å². The molecule has 0 radical (unpaired) electrons. The van der Waals surface area contributed by atoms with Crippen LogP contribution in [0, 0.1) is 5.92 Å². The van der Waals surface area contributed by atoms with Crippen molar-refractivity contribution in [3.63, 3.8) is 0 Å². The summed E-state index contributed by atoms with van der Waals surface area (Å²) in [6.07, 6.45) is 8.41. The molecule has 1 saturated carbocycles. The van der Waals surface area contributed by atoms with Crippen molar-refractivity contribution in [2.75, 3.05) is 0 Å². The lowest BCUT2D eigenvalue weighted by Gasteiger charge is -2.13. The van der Waals surface area contributed by atoms with Crippen LogP contribution in [0.25, 0.3) is 0 Å². The van der Waals surface area contributed by atoms with Crippen LogP contribution in [0.15, 0.2) is 6.33 Å². The van der Waals surface area contributed by atoms with Gasteiger partial charge in [-0.2, -0.15) is 5.10 Å². The Hall–Kier alpha value is -1.39. The zero-order valence-electron chi connectivity index (χ0n) is 9.41. The number of amides is 1. The van der Waals surface area contributed by atoms with E-state index in [9.17, 15) is 4.79 Å². The fraction of sp³-hybridized carbons (Fsp3) is 0.727. The van der Waals surface area contributed by atoms with E-state index in [1.807, 2.05) is 0 Å². The molecule has 0 bridgehead atoms. The van der Waals surface area contributed by atoms with Crippen molar-refractivity contribution in [3.8, 4) is 0 Å². The third-order valence-corrected chi connectivity index (χ3v) is 3.12. The molecule has 0 spiro atoms. The Kier molecular flexibility index (Phi) is 3.91. The van der Waals surface area contributed by atoms with Crippen LogP contribution in [0.4, 0.5) is 0 Å². The van der Waals surface area contributed by atoms with Gasteiger partial charge >= 0.3 is 0 Å². The Morgan fingerprint density at radius 2 is 2.12 bits per heavy atom. The summed E-state index contributed by atoms with van der Waals surface area (Å²) in [5.74, 6) is 1.07. The Morgan fingerprint density at radius 1 is 1.38 bits per heavy atom. The van der Waals surface area contributed by atoms with Crippen LogP contribution in [-0.4, -0.2) is 21.1 Å². The van der Waals surface area contributed by atoms with Gasteiger partial charge in [-0.15, -0.1) is 0 Å². The van der Waals surface area contributed by atoms with Gasteiger partial charge in [-0.05, 0) is 12.8 Å². The van der Waals surface area contributed by atoms with E-state index in [1.54, 1.807) is 0 Å². The third kappa shape index (κ3) is 3.05. The van der Waals surface area contributed by atoms with Crippen LogP contribution >= 0.6 is 0 Å². The van der Waals surface area contributed by atoms with E-state index in [0.717, 1.165) is 12.8 Å². The van der Waals surface area contributed by atoms with Gasteiger partial charge in [0.15, 0.2) is 0 Å². The molecule has 1 amide bonds. The number of carbonyl (C=O) groups excluding carboxylic acids is 1. The van der Waals surface area contributed by atoms with E-state index in [4.69, 9.17) is 0 Å². The lowest BCUT2D eigenvalue weighted by atomic mass is 9.99. The molecule has 0 aliphatic heterocycles. The molecule has 1 fully saturated rings. The number of H-pyrrole nitrogens is 1. The highest BCUT2D eigenvalue weighted by Gasteiger charge is 2.19. The third-order valence-electron chi connectivity index (χ3n) is 3.12. The van der Waals surface area contributed by atoms with Gasteiger partial charge < -0.3 is 5.32 Å². The first-order valence-electron chi connectivity index (χ1n) is 5.98. The predicted molar refractivity (Wildman–Crippen MR) is 59.4 cm³/mol. The first-order valence-corrected chi connectivity index (χ1v) is 5.98. The second kappa shape index (κ2) is 5.63. The molecule has 16 heavy (non-hydrogen) atoms. The molecule has 88 valence electrons. The van der Waals surface area contributed by atoms with Gasteiger partial charge in [0.05, 0.1) is 6.54 Å². The maximum Gasteiger partial charge on any atom is 0.223 e. The van der Waals surface area contributed by atoms with Gasteiger partial charge in [0.25, 0.3) is 0 Å². The fourth-order valence-electron chi connectivity index (χ4n) is 2.17. The Bertz CT molecular complexity index is 315. The summed E-state index contributed by atoms with van der Waals surface area (Å²) in [4.78, 5) is 15.8. The van der Waals surface area contributed by atoms with Crippen LogP contribution < -0.4 is 5.32 Å².